The third-order valence-electron chi connectivity index (χ3n) is 3.20. The number of hydrogen-bond donors (Lipinski definition) is 0. The van der Waals surface area contributed by atoms with Gasteiger partial charge in [0, 0.05) is 5.56 Å². The van der Waals surface area contributed by atoms with Crippen molar-refractivity contribution < 1.29 is 9.53 Å². The van der Waals surface area contributed by atoms with E-state index in [2.05, 4.69) is 0 Å². The van der Waals surface area contributed by atoms with E-state index < -0.39 is 0 Å². The summed E-state index contributed by atoms with van der Waals surface area (Å²) in [6, 6.07) is 3.83. The summed E-state index contributed by atoms with van der Waals surface area (Å²) in [6.07, 6.45) is 6.67. The van der Waals surface area contributed by atoms with E-state index in [0.717, 1.165) is 30.4 Å². The van der Waals surface area contributed by atoms with Gasteiger partial charge in [0.15, 0.2) is 0 Å². The summed E-state index contributed by atoms with van der Waals surface area (Å²) in [6.45, 7) is 2.68. The Labute approximate surface area is 96.6 Å². The molecular weight excluding hydrogens is 200 g/mol. The van der Waals surface area contributed by atoms with Crippen LogP contribution in [0.1, 0.15) is 47.7 Å². The molecule has 0 aromatic heterocycles. The van der Waals surface area contributed by atoms with Crippen molar-refractivity contribution in [2.75, 3.05) is 6.61 Å². The molecule has 0 saturated heterocycles. The molecule has 0 atom stereocenters. The molecule has 1 aromatic carbocycles. The number of carbonyl (C=O) groups excluding carboxylic acids is 1. The molecule has 0 amide bonds. The molecule has 16 heavy (non-hydrogen) atoms. The molecule has 1 aliphatic carbocycles. The number of rotatable bonds is 3. The molecule has 0 aliphatic heterocycles. The van der Waals surface area contributed by atoms with E-state index in [0.29, 0.717) is 6.61 Å². The Kier molecular flexibility index (Phi) is 3.60. The SMILES string of the molecule is CCOc1ccc(C=O)c2c1CCCCC2. The fraction of sp³-hybridized carbons (Fsp3) is 0.500. The van der Waals surface area contributed by atoms with Gasteiger partial charge in [0.2, 0.25) is 0 Å². The van der Waals surface area contributed by atoms with Gasteiger partial charge >= 0.3 is 0 Å². The van der Waals surface area contributed by atoms with Crippen molar-refractivity contribution in [3.63, 3.8) is 0 Å². The van der Waals surface area contributed by atoms with Crippen LogP contribution in [0, 0.1) is 0 Å². The lowest BCUT2D eigenvalue weighted by Gasteiger charge is -2.14. The Hall–Kier alpha value is -1.31. The Bertz CT molecular complexity index is 383. The van der Waals surface area contributed by atoms with Gasteiger partial charge in [-0.25, -0.2) is 0 Å². The fourth-order valence-electron chi connectivity index (χ4n) is 2.44. The lowest BCUT2D eigenvalue weighted by Crippen LogP contribution is -2.02. The molecule has 2 nitrogen and oxygen atoms in total. The van der Waals surface area contributed by atoms with Crippen molar-refractivity contribution in [2.45, 2.75) is 39.0 Å². The molecule has 2 heteroatoms. The van der Waals surface area contributed by atoms with Crippen molar-refractivity contribution in [1.29, 1.82) is 0 Å². The van der Waals surface area contributed by atoms with Crippen LogP contribution in [0.4, 0.5) is 0 Å². The van der Waals surface area contributed by atoms with Crippen LogP contribution < -0.4 is 4.74 Å². The van der Waals surface area contributed by atoms with Gasteiger partial charge in [-0.3, -0.25) is 4.79 Å². The van der Waals surface area contributed by atoms with Crippen LogP contribution in [0.5, 0.6) is 5.75 Å². The highest BCUT2D eigenvalue weighted by atomic mass is 16.5. The van der Waals surface area contributed by atoms with Gasteiger partial charge in [-0.05, 0) is 55.9 Å². The average molecular weight is 218 g/mol. The monoisotopic (exact) mass is 218 g/mol. The molecule has 0 unspecified atom stereocenters. The van der Waals surface area contributed by atoms with E-state index in [9.17, 15) is 4.79 Å². The van der Waals surface area contributed by atoms with E-state index in [-0.39, 0.29) is 0 Å². The second-order valence-electron chi connectivity index (χ2n) is 4.22. The van der Waals surface area contributed by atoms with E-state index >= 15 is 0 Å². The molecule has 0 spiro atoms. The first-order valence-electron chi connectivity index (χ1n) is 6.09. The fourth-order valence-corrected chi connectivity index (χ4v) is 2.44. The molecule has 0 heterocycles. The van der Waals surface area contributed by atoms with Gasteiger partial charge in [-0.2, -0.15) is 0 Å². The van der Waals surface area contributed by atoms with Gasteiger partial charge in [-0.1, -0.05) is 6.42 Å². The summed E-state index contributed by atoms with van der Waals surface area (Å²) in [4.78, 5) is 11.0. The lowest BCUT2D eigenvalue weighted by atomic mass is 9.97. The van der Waals surface area contributed by atoms with Crippen LogP contribution >= 0.6 is 0 Å². The predicted molar refractivity (Wildman–Crippen MR) is 64.3 cm³/mol. The van der Waals surface area contributed by atoms with Crippen LogP contribution in [-0.2, 0) is 12.8 Å². The highest BCUT2D eigenvalue weighted by Gasteiger charge is 2.16. The molecule has 0 N–H and O–H groups in total. The summed E-state index contributed by atoms with van der Waals surface area (Å²) < 4.78 is 5.64. The number of benzene rings is 1. The maximum atomic E-state index is 11.0. The van der Waals surface area contributed by atoms with Gasteiger partial charge in [0.25, 0.3) is 0 Å². The van der Waals surface area contributed by atoms with Crippen molar-refractivity contribution in [3.8, 4) is 5.75 Å². The number of ether oxygens (including phenoxy) is 1. The number of aldehydes is 1. The normalized spacial score (nSPS) is 15.1. The molecule has 86 valence electrons. The minimum absolute atomic E-state index is 0.687. The van der Waals surface area contributed by atoms with Crippen molar-refractivity contribution in [2.24, 2.45) is 0 Å². The molecular formula is C14H18O2. The summed E-state index contributed by atoms with van der Waals surface area (Å²) in [5, 5.41) is 0. The Morgan fingerprint density at radius 2 is 1.94 bits per heavy atom. The van der Waals surface area contributed by atoms with E-state index in [1.807, 2.05) is 19.1 Å². The third-order valence-corrected chi connectivity index (χ3v) is 3.20. The van der Waals surface area contributed by atoms with Crippen LogP contribution in [0.15, 0.2) is 12.1 Å². The first kappa shape index (κ1) is 11.2. The van der Waals surface area contributed by atoms with Gasteiger partial charge in [-0.15, -0.1) is 0 Å². The zero-order chi connectivity index (χ0) is 11.4. The van der Waals surface area contributed by atoms with Crippen molar-refractivity contribution in [1.82, 2.24) is 0 Å². The molecule has 0 saturated carbocycles. The second kappa shape index (κ2) is 5.15. The second-order valence-corrected chi connectivity index (χ2v) is 4.22. The minimum Gasteiger partial charge on any atom is -0.494 e. The maximum absolute atomic E-state index is 11.0. The summed E-state index contributed by atoms with van der Waals surface area (Å²) in [7, 11) is 0. The number of fused-ring (bicyclic) bond motifs is 1. The smallest absolute Gasteiger partial charge is 0.150 e. The molecule has 0 fully saturated rings. The zero-order valence-electron chi connectivity index (χ0n) is 9.79. The standard InChI is InChI=1S/C14H18O2/c1-2-16-14-9-8-11(10-15)12-6-4-3-5-7-13(12)14/h8-10H,2-7H2,1H3. The third kappa shape index (κ3) is 2.11. The van der Waals surface area contributed by atoms with Crippen LogP contribution in [0.2, 0.25) is 0 Å². The molecule has 0 bridgehead atoms. The molecule has 1 aromatic rings. The Balaban J connectivity index is 2.47. The summed E-state index contributed by atoms with van der Waals surface area (Å²) in [5.41, 5.74) is 3.34. The van der Waals surface area contributed by atoms with E-state index in [1.54, 1.807) is 0 Å². The van der Waals surface area contributed by atoms with Gasteiger partial charge in [0.1, 0.15) is 12.0 Å². The first-order chi connectivity index (χ1) is 7.86. The first-order valence-corrected chi connectivity index (χ1v) is 6.09. The van der Waals surface area contributed by atoms with E-state index in [4.69, 9.17) is 4.74 Å². The van der Waals surface area contributed by atoms with E-state index in [1.165, 1.54) is 30.4 Å². The summed E-state index contributed by atoms with van der Waals surface area (Å²) in [5.74, 6) is 0.977. The highest BCUT2D eigenvalue weighted by molar-refractivity contribution is 5.79. The maximum Gasteiger partial charge on any atom is 0.150 e. The van der Waals surface area contributed by atoms with Crippen LogP contribution in [0.25, 0.3) is 0 Å². The summed E-state index contributed by atoms with van der Waals surface area (Å²) >= 11 is 0. The highest BCUT2D eigenvalue weighted by Crippen LogP contribution is 2.30. The Morgan fingerprint density at radius 3 is 2.62 bits per heavy atom. The van der Waals surface area contributed by atoms with Crippen molar-refractivity contribution in [3.05, 3.63) is 28.8 Å². The molecule has 1 aliphatic rings. The average Bonchev–Trinajstić information content (AvgIpc) is 2.55. The quantitative estimate of drug-likeness (QED) is 0.575. The van der Waals surface area contributed by atoms with Gasteiger partial charge in [0.05, 0.1) is 6.61 Å². The van der Waals surface area contributed by atoms with Crippen LogP contribution in [0.3, 0.4) is 0 Å². The Morgan fingerprint density at radius 1 is 1.19 bits per heavy atom. The van der Waals surface area contributed by atoms with Crippen LogP contribution in [-0.4, -0.2) is 12.9 Å². The predicted octanol–water partition coefficient (Wildman–Crippen LogP) is 3.17. The zero-order valence-corrected chi connectivity index (χ0v) is 9.79. The number of hydrogen-bond acceptors (Lipinski definition) is 2. The topological polar surface area (TPSA) is 26.3 Å². The molecule has 0 radical (unpaired) electrons. The van der Waals surface area contributed by atoms with Crippen molar-refractivity contribution >= 4 is 6.29 Å². The lowest BCUT2D eigenvalue weighted by molar-refractivity contribution is 0.112. The largest absolute Gasteiger partial charge is 0.494 e. The number of carbonyl (C=O) groups is 1. The minimum atomic E-state index is 0.687. The molecule has 2 rings (SSSR count). The van der Waals surface area contributed by atoms with Gasteiger partial charge < -0.3 is 4.74 Å².